The molecule has 0 saturated heterocycles. The van der Waals surface area contributed by atoms with E-state index in [0.29, 0.717) is 23.0 Å². The normalized spacial score (nSPS) is 11.1. The van der Waals surface area contributed by atoms with E-state index in [0.717, 1.165) is 55.5 Å². The summed E-state index contributed by atoms with van der Waals surface area (Å²) >= 11 is 0. The molecule has 242 valence electrons. The highest BCUT2D eigenvalue weighted by molar-refractivity contribution is 6.08. The van der Waals surface area contributed by atoms with Crippen LogP contribution in [0.1, 0.15) is 5.56 Å². The molecule has 9 aromatic rings. The molecule has 0 bridgehead atoms. The van der Waals surface area contributed by atoms with Gasteiger partial charge in [0.15, 0.2) is 17.5 Å². The van der Waals surface area contributed by atoms with Crippen LogP contribution in [0, 0.1) is 11.3 Å². The van der Waals surface area contributed by atoms with Crippen LogP contribution in [-0.4, -0.2) is 15.0 Å². The molecular weight excluding hydrogens is 633 g/mol. The lowest BCUT2D eigenvalue weighted by atomic mass is 9.87. The lowest BCUT2D eigenvalue weighted by molar-refractivity contribution is 1.07. The van der Waals surface area contributed by atoms with Crippen LogP contribution in [0.3, 0.4) is 0 Å². The van der Waals surface area contributed by atoms with Crippen molar-refractivity contribution in [1.29, 1.82) is 5.26 Å². The zero-order valence-corrected chi connectivity index (χ0v) is 28.1. The molecule has 1 heterocycles. The van der Waals surface area contributed by atoms with E-state index < -0.39 is 0 Å². The summed E-state index contributed by atoms with van der Waals surface area (Å²) < 4.78 is 0. The number of rotatable bonds is 6. The number of hydrogen-bond donors (Lipinski definition) is 0. The third-order valence-electron chi connectivity index (χ3n) is 9.58. The summed E-state index contributed by atoms with van der Waals surface area (Å²) in [5.74, 6) is 1.91. The average molecular weight is 663 g/mol. The number of aromatic nitrogens is 3. The van der Waals surface area contributed by atoms with E-state index in [9.17, 15) is 5.26 Å². The largest absolute Gasteiger partial charge is 0.208 e. The summed E-state index contributed by atoms with van der Waals surface area (Å²) in [6.45, 7) is 0. The summed E-state index contributed by atoms with van der Waals surface area (Å²) in [7, 11) is 0. The minimum atomic E-state index is 0.627. The molecule has 4 heteroatoms. The molecule has 4 nitrogen and oxygen atoms in total. The van der Waals surface area contributed by atoms with Gasteiger partial charge in [0.2, 0.25) is 0 Å². The Bertz CT molecular complexity index is 2710. The number of benzene rings is 8. The van der Waals surface area contributed by atoms with Crippen molar-refractivity contribution >= 4 is 21.5 Å². The van der Waals surface area contributed by atoms with Gasteiger partial charge in [-0.15, -0.1) is 0 Å². The molecule has 0 saturated carbocycles. The highest BCUT2D eigenvalue weighted by Gasteiger charge is 2.16. The van der Waals surface area contributed by atoms with Crippen LogP contribution in [0.5, 0.6) is 0 Å². The van der Waals surface area contributed by atoms with Crippen molar-refractivity contribution in [3.05, 3.63) is 188 Å². The molecule has 52 heavy (non-hydrogen) atoms. The molecule has 0 unspecified atom stereocenters. The predicted octanol–water partition coefficient (Wildman–Crippen LogP) is 12.1. The minimum Gasteiger partial charge on any atom is -0.208 e. The standard InChI is InChI=1S/C48H30N4/c49-31-32-19-21-33(22-20-32)40-27-28-43(42-18-10-9-17-41(40)42)45-30-39-16-8-7-15-38(39)29-44(45)34-23-25-37(26-24-34)48-51-46(35-11-3-1-4-12-35)50-47(52-48)36-13-5-2-6-14-36/h1-30H. The van der Waals surface area contributed by atoms with E-state index in [1.807, 2.05) is 84.9 Å². The molecule has 0 atom stereocenters. The molecule has 8 aromatic carbocycles. The van der Waals surface area contributed by atoms with Gasteiger partial charge in [-0.1, -0.05) is 158 Å². The predicted molar refractivity (Wildman–Crippen MR) is 212 cm³/mol. The monoisotopic (exact) mass is 662 g/mol. The van der Waals surface area contributed by atoms with E-state index in [-0.39, 0.29) is 0 Å². The fraction of sp³-hybridized carbons (Fsp3) is 0. The highest BCUT2D eigenvalue weighted by Crippen LogP contribution is 2.42. The first-order valence-corrected chi connectivity index (χ1v) is 17.2. The van der Waals surface area contributed by atoms with Gasteiger partial charge in [0.25, 0.3) is 0 Å². The van der Waals surface area contributed by atoms with Crippen LogP contribution in [0.15, 0.2) is 182 Å². The Morgan fingerprint density at radius 3 is 1.29 bits per heavy atom. The minimum absolute atomic E-state index is 0.627. The van der Waals surface area contributed by atoms with Crippen molar-refractivity contribution in [3.8, 4) is 73.6 Å². The van der Waals surface area contributed by atoms with E-state index in [1.165, 1.54) is 16.2 Å². The topological polar surface area (TPSA) is 62.5 Å². The van der Waals surface area contributed by atoms with Crippen LogP contribution < -0.4 is 0 Å². The van der Waals surface area contributed by atoms with Crippen LogP contribution in [0.2, 0.25) is 0 Å². The van der Waals surface area contributed by atoms with Crippen LogP contribution in [-0.2, 0) is 0 Å². The van der Waals surface area contributed by atoms with Gasteiger partial charge in [0.05, 0.1) is 11.6 Å². The maximum absolute atomic E-state index is 9.35. The van der Waals surface area contributed by atoms with Gasteiger partial charge in [0.1, 0.15) is 0 Å². The van der Waals surface area contributed by atoms with Gasteiger partial charge in [-0.2, -0.15) is 5.26 Å². The van der Waals surface area contributed by atoms with Gasteiger partial charge in [-0.3, -0.25) is 0 Å². The van der Waals surface area contributed by atoms with E-state index >= 15 is 0 Å². The Labute approximate surface area is 302 Å². The quantitative estimate of drug-likeness (QED) is 0.178. The third kappa shape index (κ3) is 5.77. The van der Waals surface area contributed by atoms with Crippen LogP contribution in [0.25, 0.3) is 89.1 Å². The average Bonchev–Trinajstić information content (AvgIpc) is 3.23. The lowest BCUT2D eigenvalue weighted by Crippen LogP contribution is -2.00. The summed E-state index contributed by atoms with van der Waals surface area (Å²) in [6.07, 6.45) is 0. The molecule has 9 rings (SSSR count). The lowest BCUT2D eigenvalue weighted by Gasteiger charge is -2.17. The van der Waals surface area contributed by atoms with Gasteiger partial charge in [0, 0.05) is 16.7 Å². The first kappa shape index (κ1) is 30.8. The molecule has 0 aliphatic rings. The summed E-state index contributed by atoms with van der Waals surface area (Å²) in [4.78, 5) is 14.8. The van der Waals surface area contributed by atoms with Crippen molar-refractivity contribution in [3.63, 3.8) is 0 Å². The maximum atomic E-state index is 9.35. The Morgan fingerprint density at radius 1 is 0.327 bits per heavy atom. The van der Waals surface area contributed by atoms with Gasteiger partial charge < -0.3 is 0 Å². The van der Waals surface area contributed by atoms with Crippen molar-refractivity contribution in [1.82, 2.24) is 15.0 Å². The Hall–Kier alpha value is -7.22. The second kappa shape index (κ2) is 13.2. The van der Waals surface area contributed by atoms with Crippen molar-refractivity contribution in [2.45, 2.75) is 0 Å². The van der Waals surface area contributed by atoms with Crippen molar-refractivity contribution in [2.24, 2.45) is 0 Å². The highest BCUT2D eigenvalue weighted by atomic mass is 15.0. The summed E-state index contributed by atoms with van der Waals surface area (Å²) in [6, 6.07) is 64.9. The molecule has 0 fully saturated rings. The zero-order valence-electron chi connectivity index (χ0n) is 28.1. The van der Waals surface area contributed by atoms with Crippen LogP contribution in [0.4, 0.5) is 0 Å². The smallest absolute Gasteiger partial charge is 0.164 e. The molecule has 0 aliphatic heterocycles. The molecule has 0 N–H and O–H groups in total. The van der Waals surface area contributed by atoms with Gasteiger partial charge in [-0.05, 0) is 79.2 Å². The van der Waals surface area contributed by atoms with Gasteiger partial charge in [-0.25, -0.2) is 15.0 Å². The van der Waals surface area contributed by atoms with Gasteiger partial charge >= 0.3 is 0 Å². The molecule has 0 radical (unpaired) electrons. The third-order valence-corrected chi connectivity index (χ3v) is 9.58. The SMILES string of the molecule is N#Cc1ccc(-c2ccc(-c3cc4ccccc4cc3-c3ccc(-c4nc(-c5ccccc5)nc(-c5ccccc5)n4)cc3)c3ccccc23)cc1. The summed E-state index contributed by atoms with van der Waals surface area (Å²) in [5, 5.41) is 14.1. The molecule has 0 amide bonds. The second-order valence-corrected chi connectivity index (χ2v) is 12.8. The Balaban J connectivity index is 1.18. The number of fused-ring (bicyclic) bond motifs is 2. The fourth-order valence-electron chi connectivity index (χ4n) is 6.95. The number of nitrogens with zero attached hydrogens (tertiary/aromatic N) is 4. The number of nitriles is 1. The first-order valence-electron chi connectivity index (χ1n) is 17.2. The molecule has 1 aromatic heterocycles. The maximum Gasteiger partial charge on any atom is 0.164 e. The number of hydrogen-bond acceptors (Lipinski definition) is 4. The molecule has 0 aliphatic carbocycles. The van der Waals surface area contributed by atoms with Crippen molar-refractivity contribution in [2.75, 3.05) is 0 Å². The second-order valence-electron chi connectivity index (χ2n) is 12.8. The molecule has 0 spiro atoms. The van der Waals surface area contributed by atoms with E-state index in [1.54, 1.807) is 0 Å². The Kier molecular flexibility index (Phi) is 7.85. The van der Waals surface area contributed by atoms with Crippen molar-refractivity contribution < 1.29 is 0 Å². The fourth-order valence-corrected chi connectivity index (χ4v) is 6.95. The Morgan fingerprint density at radius 2 is 0.731 bits per heavy atom. The summed E-state index contributed by atoms with van der Waals surface area (Å²) in [5.41, 5.74) is 10.2. The molecular formula is C48H30N4. The van der Waals surface area contributed by atoms with E-state index in [2.05, 4.69) is 103 Å². The van der Waals surface area contributed by atoms with Crippen LogP contribution >= 0.6 is 0 Å². The first-order chi connectivity index (χ1) is 25.7. The zero-order chi connectivity index (χ0) is 34.9. The van der Waals surface area contributed by atoms with E-state index in [4.69, 9.17) is 15.0 Å².